The van der Waals surface area contributed by atoms with Crippen LogP contribution in [0, 0.1) is 12.8 Å². The first kappa shape index (κ1) is 11.4. The van der Waals surface area contributed by atoms with Crippen LogP contribution < -0.4 is 0 Å². The van der Waals surface area contributed by atoms with Crippen LogP contribution in [0.3, 0.4) is 0 Å². The van der Waals surface area contributed by atoms with Gasteiger partial charge in [-0.3, -0.25) is 9.78 Å². The van der Waals surface area contributed by atoms with Crippen LogP contribution in [-0.2, 0) is 0 Å². The summed E-state index contributed by atoms with van der Waals surface area (Å²) in [6.07, 6.45) is 2.69. The number of aromatic nitrogens is 1. The monoisotopic (exact) mass is 238 g/mol. The average Bonchev–Trinajstić information content (AvgIpc) is 2.76. The van der Waals surface area contributed by atoms with E-state index >= 15 is 0 Å². The molecule has 86 valence electrons. The van der Waals surface area contributed by atoms with Crippen LogP contribution in [0.15, 0.2) is 18.3 Å². The Bertz CT molecular complexity index is 394. The van der Waals surface area contributed by atoms with Crippen molar-refractivity contribution in [3.63, 3.8) is 0 Å². The zero-order valence-corrected chi connectivity index (χ0v) is 10.1. The molecule has 1 atom stereocenters. The van der Waals surface area contributed by atoms with E-state index < -0.39 is 0 Å². The van der Waals surface area contributed by atoms with E-state index in [1.54, 1.807) is 12.3 Å². The Balaban J connectivity index is 2.08. The summed E-state index contributed by atoms with van der Waals surface area (Å²) in [6.45, 7) is 3.49. The van der Waals surface area contributed by atoms with Crippen LogP contribution in [0.5, 0.6) is 0 Å². The molecule has 0 spiro atoms. The Labute approximate surface area is 100 Å². The van der Waals surface area contributed by atoms with Gasteiger partial charge in [-0.05, 0) is 31.4 Å². The molecule has 1 amide bonds. The fourth-order valence-corrected chi connectivity index (χ4v) is 2.26. The minimum absolute atomic E-state index is 0.0955. The van der Waals surface area contributed by atoms with Gasteiger partial charge in [-0.25, -0.2) is 0 Å². The summed E-state index contributed by atoms with van der Waals surface area (Å²) in [4.78, 5) is 18.1. The van der Waals surface area contributed by atoms with Crippen molar-refractivity contribution in [2.45, 2.75) is 13.3 Å². The third kappa shape index (κ3) is 2.35. The number of hydrogen-bond acceptors (Lipinski definition) is 2. The Kier molecular flexibility index (Phi) is 3.44. The summed E-state index contributed by atoms with van der Waals surface area (Å²) in [5.41, 5.74) is 1.60. The van der Waals surface area contributed by atoms with Gasteiger partial charge in [0.05, 0.1) is 0 Å². The third-order valence-electron chi connectivity index (χ3n) is 2.93. The zero-order chi connectivity index (χ0) is 11.5. The topological polar surface area (TPSA) is 33.2 Å². The van der Waals surface area contributed by atoms with Gasteiger partial charge in [-0.15, -0.1) is 11.6 Å². The summed E-state index contributed by atoms with van der Waals surface area (Å²) >= 11 is 5.80. The molecule has 1 aromatic heterocycles. The first-order chi connectivity index (χ1) is 7.70. The van der Waals surface area contributed by atoms with Gasteiger partial charge in [0.15, 0.2) is 0 Å². The largest absolute Gasteiger partial charge is 0.338 e. The summed E-state index contributed by atoms with van der Waals surface area (Å²) in [5.74, 6) is 1.19. The Morgan fingerprint density at radius 3 is 3.12 bits per heavy atom. The fourth-order valence-electron chi connectivity index (χ4n) is 2.00. The van der Waals surface area contributed by atoms with E-state index in [0.29, 0.717) is 11.8 Å². The standard InChI is InChI=1S/C12H15ClN2O/c1-9-6-11(2-4-14-9)12(16)15-5-3-10(7-13)8-15/h2,4,6,10H,3,5,7-8H2,1H3. The van der Waals surface area contributed by atoms with E-state index in [0.717, 1.165) is 30.8 Å². The van der Waals surface area contributed by atoms with Gasteiger partial charge >= 0.3 is 0 Å². The number of aryl methyl sites for hydroxylation is 1. The molecular weight excluding hydrogens is 224 g/mol. The van der Waals surface area contributed by atoms with Crippen LogP contribution in [0.4, 0.5) is 0 Å². The molecule has 1 fully saturated rings. The predicted molar refractivity (Wildman–Crippen MR) is 63.7 cm³/mol. The molecule has 4 heteroatoms. The highest BCUT2D eigenvalue weighted by atomic mass is 35.5. The number of carbonyl (C=O) groups is 1. The second-order valence-electron chi connectivity index (χ2n) is 4.25. The lowest BCUT2D eigenvalue weighted by Gasteiger charge is -2.16. The Hall–Kier alpha value is -1.09. The fraction of sp³-hybridized carbons (Fsp3) is 0.500. The highest BCUT2D eigenvalue weighted by Gasteiger charge is 2.26. The van der Waals surface area contributed by atoms with Gasteiger partial charge in [-0.1, -0.05) is 0 Å². The number of rotatable bonds is 2. The van der Waals surface area contributed by atoms with Crippen LogP contribution in [0.1, 0.15) is 22.5 Å². The quantitative estimate of drug-likeness (QED) is 0.740. The van der Waals surface area contributed by atoms with E-state index in [1.807, 2.05) is 17.9 Å². The van der Waals surface area contributed by atoms with Gasteiger partial charge in [0.2, 0.25) is 0 Å². The summed E-state index contributed by atoms with van der Waals surface area (Å²) in [6, 6.07) is 3.60. The Morgan fingerprint density at radius 1 is 1.69 bits per heavy atom. The number of alkyl halides is 1. The van der Waals surface area contributed by atoms with Crippen molar-refractivity contribution in [1.82, 2.24) is 9.88 Å². The maximum atomic E-state index is 12.1. The van der Waals surface area contributed by atoms with Crippen molar-refractivity contribution >= 4 is 17.5 Å². The molecule has 0 aliphatic carbocycles. The normalized spacial score (nSPS) is 20.1. The molecule has 2 heterocycles. The van der Waals surface area contributed by atoms with Gasteiger partial charge in [0.1, 0.15) is 0 Å². The minimum atomic E-state index is 0.0955. The summed E-state index contributed by atoms with van der Waals surface area (Å²) in [7, 11) is 0. The van der Waals surface area contributed by atoms with Gasteiger partial charge in [0, 0.05) is 36.4 Å². The summed E-state index contributed by atoms with van der Waals surface area (Å²) < 4.78 is 0. The molecule has 0 bridgehead atoms. The predicted octanol–water partition coefficient (Wildman–Crippen LogP) is 2.09. The third-order valence-corrected chi connectivity index (χ3v) is 3.37. The Morgan fingerprint density at radius 2 is 2.50 bits per heavy atom. The second kappa shape index (κ2) is 4.83. The SMILES string of the molecule is Cc1cc(C(=O)N2CCC(CCl)C2)ccn1. The van der Waals surface area contributed by atoms with Crippen LogP contribution in [-0.4, -0.2) is 34.8 Å². The van der Waals surface area contributed by atoms with Crippen molar-refractivity contribution < 1.29 is 4.79 Å². The number of carbonyl (C=O) groups excluding carboxylic acids is 1. The lowest BCUT2D eigenvalue weighted by molar-refractivity contribution is 0.0788. The highest BCUT2D eigenvalue weighted by molar-refractivity contribution is 6.18. The molecular formula is C12H15ClN2O. The van der Waals surface area contributed by atoms with E-state index in [9.17, 15) is 4.79 Å². The van der Waals surface area contributed by atoms with E-state index in [1.165, 1.54) is 0 Å². The molecule has 1 unspecified atom stereocenters. The molecule has 16 heavy (non-hydrogen) atoms. The first-order valence-corrected chi connectivity index (χ1v) is 6.02. The van der Waals surface area contributed by atoms with Crippen molar-refractivity contribution in [3.8, 4) is 0 Å². The molecule has 1 aliphatic heterocycles. The molecule has 0 N–H and O–H groups in total. The average molecular weight is 239 g/mol. The number of nitrogens with zero attached hydrogens (tertiary/aromatic N) is 2. The molecule has 1 saturated heterocycles. The zero-order valence-electron chi connectivity index (χ0n) is 9.32. The number of hydrogen-bond donors (Lipinski definition) is 0. The van der Waals surface area contributed by atoms with Crippen molar-refractivity contribution in [1.29, 1.82) is 0 Å². The first-order valence-electron chi connectivity index (χ1n) is 5.48. The van der Waals surface area contributed by atoms with Gasteiger partial charge in [0.25, 0.3) is 5.91 Å². The van der Waals surface area contributed by atoms with Crippen molar-refractivity contribution in [3.05, 3.63) is 29.6 Å². The second-order valence-corrected chi connectivity index (χ2v) is 4.55. The van der Waals surface area contributed by atoms with Crippen molar-refractivity contribution in [2.75, 3.05) is 19.0 Å². The van der Waals surface area contributed by atoms with Crippen LogP contribution in [0.25, 0.3) is 0 Å². The lowest BCUT2D eigenvalue weighted by atomic mass is 10.2. The van der Waals surface area contributed by atoms with Crippen LogP contribution in [0.2, 0.25) is 0 Å². The lowest BCUT2D eigenvalue weighted by Crippen LogP contribution is -2.28. The van der Waals surface area contributed by atoms with E-state index in [4.69, 9.17) is 11.6 Å². The molecule has 1 aromatic rings. The van der Waals surface area contributed by atoms with E-state index in [-0.39, 0.29) is 5.91 Å². The minimum Gasteiger partial charge on any atom is -0.338 e. The van der Waals surface area contributed by atoms with Crippen LogP contribution >= 0.6 is 11.6 Å². The summed E-state index contributed by atoms with van der Waals surface area (Å²) in [5, 5.41) is 0. The number of amides is 1. The van der Waals surface area contributed by atoms with Crippen molar-refractivity contribution in [2.24, 2.45) is 5.92 Å². The number of halogens is 1. The number of pyridine rings is 1. The van der Waals surface area contributed by atoms with Gasteiger partial charge < -0.3 is 4.90 Å². The van der Waals surface area contributed by atoms with E-state index in [2.05, 4.69) is 4.98 Å². The molecule has 3 nitrogen and oxygen atoms in total. The molecule has 0 radical (unpaired) electrons. The highest BCUT2D eigenvalue weighted by Crippen LogP contribution is 2.19. The van der Waals surface area contributed by atoms with Gasteiger partial charge in [-0.2, -0.15) is 0 Å². The maximum absolute atomic E-state index is 12.1. The maximum Gasteiger partial charge on any atom is 0.253 e. The smallest absolute Gasteiger partial charge is 0.253 e. The molecule has 0 saturated carbocycles. The number of likely N-dealkylation sites (tertiary alicyclic amines) is 1. The molecule has 2 rings (SSSR count). The molecule has 0 aromatic carbocycles. The molecule has 1 aliphatic rings.